The summed E-state index contributed by atoms with van der Waals surface area (Å²) in [5, 5.41) is 0.680. The number of amides is 1. The molecule has 184 valence electrons. The number of carbonyl (C=O) groups is 2. The number of benzene rings is 3. The first-order chi connectivity index (χ1) is 17.6. The van der Waals surface area contributed by atoms with Gasteiger partial charge in [-0.25, -0.2) is 4.98 Å². The van der Waals surface area contributed by atoms with Crippen molar-refractivity contribution in [2.24, 2.45) is 0 Å². The minimum atomic E-state index is -0.117. The molecular formula is C28H26BrN3O3S. The molecule has 0 radical (unpaired) electrons. The quantitative estimate of drug-likeness (QED) is 0.259. The first kappa shape index (κ1) is 24.8. The highest BCUT2D eigenvalue weighted by atomic mass is 79.9. The van der Waals surface area contributed by atoms with Crippen LogP contribution in [0.4, 0.5) is 5.13 Å². The Morgan fingerprint density at radius 1 is 0.944 bits per heavy atom. The molecule has 0 atom stereocenters. The van der Waals surface area contributed by atoms with Gasteiger partial charge in [0.25, 0.3) is 5.91 Å². The van der Waals surface area contributed by atoms with Crippen molar-refractivity contribution in [3.05, 3.63) is 94.0 Å². The lowest BCUT2D eigenvalue weighted by Crippen LogP contribution is -2.39. The Kier molecular flexibility index (Phi) is 7.87. The summed E-state index contributed by atoms with van der Waals surface area (Å²) in [5.41, 5.74) is 2.59. The van der Waals surface area contributed by atoms with Gasteiger partial charge >= 0.3 is 0 Å². The van der Waals surface area contributed by atoms with Crippen LogP contribution in [0.15, 0.2) is 77.3 Å². The lowest BCUT2D eigenvalue weighted by Gasteiger charge is -2.27. The highest BCUT2D eigenvalue weighted by molar-refractivity contribution is 9.10. The molecule has 4 aromatic rings. The Labute approximate surface area is 222 Å². The second-order valence-corrected chi connectivity index (χ2v) is 10.6. The van der Waals surface area contributed by atoms with E-state index in [4.69, 9.17) is 9.72 Å². The van der Waals surface area contributed by atoms with Crippen molar-refractivity contribution >= 4 is 54.3 Å². The molecule has 6 nitrogen and oxygen atoms in total. The van der Waals surface area contributed by atoms with E-state index in [2.05, 4.69) is 20.8 Å². The molecule has 3 aromatic carbocycles. The smallest absolute Gasteiger partial charge is 0.260 e. The van der Waals surface area contributed by atoms with Gasteiger partial charge in [-0.3, -0.25) is 19.4 Å². The monoisotopic (exact) mass is 563 g/mol. The summed E-state index contributed by atoms with van der Waals surface area (Å²) in [6, 6.07) is 22.0. The van der Waals surface area contributed by atoms with Crippen LogP contribution in [0.5, 0.6) is 0 Å². The summed E-state index contributed by atoms with van der Waals surface area (Å²) in [6.07, 6.45) is 0.829. The number of hydrogen-bond donors (Lipinski definition) is 0. The maximum Gasteiger partial charge on any atom is 0.260 e. The van der Waals surface area contributed by atoms with Gasteiger partial charge in [-0.05, 0) is 36.8 Å². The van der Waals surface area contributed by atoms with Crippen molar-refractivity contribution in [1.82, 2.24) is 9.88 Å². The minimum absolute atomic E-state index is 0.0614. The van der Waals surface area contributed by atoms with E-state index in [0.717, 1.165) is 54.0 Å². The minimum Gasteiger partial charge on any atom is -0.379 e. The topological polar surface area (TPSA) is 62.7 Å². The Morgan fingerprint density at radius 2 is 1.64 bits per heavy atom. The van der Waals surface area contributed by atoms with Gasteiger partial charge in [0.05, 0.1) is 23.4 Å². The number of morpholine rings is 1. The Bertz CT molecular complexity index is 1350. The molecule has 0 unspecified atom stereocenters. The van der Waals surface area contributed by atoms with Crippen LogP contribution in [0.2, 0.25) is 0 Å². The third-order valence-corrected chi connectivity index (χ3v) is 7.74. The molecule has 1 aliphatic heterocycles. The number of ether oxygens (including phenoxy) is 1. The largest absolute Gasteiger partial charge is 0.379 e. The van der Waals surface area contributed by atoms with Crippen molar-refractivity contribution in [3.8, 4) is 0 Å². The van der Waals surface area contributed by atoms with Crippen molar-refractivity contribution in [2.45, 2.75) is 6.42 Å². The second kappa shape index (κ2) is 11.4. The summed E-state index contributed by atoms with van der Waals surface area (Å²) in [5.74, 6) is -0.178. The first-order valence-electron chi connectivity index (χ1n) is 12.0. The molecule has 0 aliphatic carbocycles. The fourth-order valence-corrected chi connectivity index (χ4v) is 5.78. The molecule has 36 heavy (non-hydrogen) atoms. The summed E-state index contributed by atoms with van der Waals surface area (Å²) in [6.45, 7) is 4.79. The zero-order chi connectivity index (χ0) is 24.9. The fourth-order valence-electron chi connectivity index (χ4n) is 4.24. The summed E-state index contributed by atoms with van der Waals surface area (Å²) < 4.78 is 7.45. The van der Waals surface area contributed by atoms with Gasteiger partial charge in [-0.15, -0.1) is 0 Å². The van der Waals surface area contributed by atoms with Gasteiger partial charge in [-0.1, -0.05) is 69.7 Å². The molecular weight excluding hydrogens is 538 g/mol. The number of halogens is 1. The maximum atomic E-state index is 13.7. The average Bonchev–Trinajstić information content (AvgIpc) is 3.34. The number of fused-ring (bicyclic) bond motifs is 1. The predicted molar refractivity (Wildman–Crippen MR) is 147 cm³/mol. The molecule has 0 N–H and O–H groups in total. The van der Waals surface area contributed by atoms with Gasteiger partial charge in [0.1, 0.15) is 0 Å². The summed E-state index contributed by atoms with van der Waals surface area (Å²) in [7, 11) is 0. The Balaban J connectivity index is 1.37. The van der Waals surface area contributed by atoms with Crippen LogP contribution in [0.3, 0.4) is 0 Å². The number of rotatable bonds is 8. The van der Waals surface area contributed by atoms with E-state index in [1.165, 1.54) is 11.3 Å². The summed E-state index contributed by atoms with van der Waals surface area (Å²) >= 11 is 5.03. The van der Waals surface area contributed by atoms with E-state index in [1.54, 1.807) is 41.3 Å². The molecule has 5 rings (SSSR count). The molecule has 8 heteroatoms. The average molecular weight is 565 g/mol. The van der Waals surface area contributed by atoms with Crippen LogP contribution in [0.1, 0.15) is 32.7 Å². The van der Waals surface area contributed by atoms with Crippen molar-refractivity contribution in [2.75, 3.05) is 44.3 Å². The van der Waals surface area contributed by atoms with Gasteiger partial charge in [0, 0.05) is 47.3 Å². The van der Waals surface area contributed by atoms with Crippen LogP contribution in [0.25, 0.3) is 10.2 Å². The van der Waals surface area contributed by atoms with Crippen molar-refractivity contribution in [3.63, 3.8) is 0 Å². The molecule has 1 aromatic heterocycles. The van der Waals surface area contributed by atoms with Crippen LogP contribution in [0, 0.1) is 0 Å². The Hall–Kier alpha value is -2.91. The van der Waals surface area contributed by atoms with Crippen LogP contribution >= 0.6 is 27.3 Å². The SMILES string of the molecule is O=C(c1ccccc1)c1ccc(C(=O)N(CCCN2CCOCC2)c2nc3ccc(Br)cc3s2)cc1. The number of carbonyl (C=O) groups excluding carboxylic acids is 2. The van der Waals surface area contributed by atoms with Crippen LogP contribution < -0.4 is 4.90 Å². The van der Waals surface area contributed by atoms with E-state index in [-0.39, 0.29) is 11.7 Å². The fraction of sp³-hybridized carbons (Fsp3) is 0.250. The van der Waals surface area contributed by atoms with Gasteiger partial charge in [0.15, 0.2) is 10.9 Å². The lowest BCUT2D eigenvalue weighted by atomic mass is 10.0. The summed E-state index contributed by atoms with van der Waals surface area (Å²) in [4.78, 5) is 35.4. The number of hydrogen-bond acceptors (Lipinski definition) is 6. The molecule has 2 heterocycles. The number of aromatic nitrogens is 1. The van der Waals surface area contributed by atoms with Crippen molar-refractivity contribution in [1.29, 1.82) is 0 Å². The van der Waals surface area contributed by atoms with Crippen molar-refractivity contribution < 1.29 is 14.3 Å². The number of thiazole rings is 1. The third-order valence-electron chi connectivity index (χ3n) is 6.21. The van der Waals surface area contributed by atoms with Gasteiger partial charge < -0.3 is 4.74 Å². The molecule has 0 saturated carbocycles. The van der Waals surface area contributed by atoms with E-state index in [0.29, 0.717) is 28.4 Å². The molecule has 0 bridgehead atoms. The highest BCUT2D eigenvalue weighted by Gasteiger charge is 2.22. The second-order valence-electron chi connectivity index (χ2n) is 8.65. The first-order valence-corrected chi connectivity index (χ1v) is 13.6. The molecule has 1 fully saturated rings. The van der Waals surface area contributed by atoms with Gasteiger partial charge in [-0.2, -0.15) is 0 Å². The number of anilines is 1. The molecule has 1 saturated heterocycles. The number of ketones is 1. The zero-order valence-corrected chi connectivity index (χ0v) is 22.1. The van der Waals surface area contributed by atoms with Gasteiger partial charge in [0.2, 0.25) is 0 Å². The molecule has 1 amide bonds. The maximum absolute atomic E-state index is 13.7. The molecule has 0 spiro atoms. The molecule has 1 aliphatic rings. The van der Waals surface area contributed by atoms with E-state index in [9.17, 15) is 9.59 Å². The predicted octanol–water partition coefficient (Wildman–Crippen LogP) is 5.66. The highest BCUT2D eigenvalue weighted by Crippen LogP contribution is 2.32. The van der Waals surface area contributed by atoms with E-state index >= 15 is 0 Å². The standard InChI is InChI=1S/C28H26BrN3O3S/c29-23-11-12-24-25(19-23)36-28(30-24)32(14-4-13-31-15-17-35-18-16-31)27(34)22-9-7-21(8-10-22)26(33)20-5-2-1-3-6-20/h1-3,5-12,19H,4,13-18H2. The third kappa shape index (κ3) is 5.73. The Morgan fingerprint density at radius 3 is 2.39 bits per heavy atom. The zero-order valence-electron chi connectivity index (χ0n) is 19.7. The lowest BCUT2D eigenvalue weighted by molar-refractivity contribution is 0.0376. The number of nitrogens with zero attached hydrogens (tertiary/aromatic N) is 3. The van der Waals surface area contributed by atoms with E-state index < -0.39 is 0 Å². The van der Waals surface area contributed by atoms with Crippen LogP contribution in [-0.2, 0) is 4.74 Å². The van der Waals surface area contributed by atoms with Crippen LogP contribution in [-0.4, -0.2) is 61.0 Å². The normalized spacial score (nSPS) is 14.1. The van der Waals surface area contributed by atoms with E-state index in [1.807, 2.05) is 36.4 Å².